The first kappa shape index (κ1) is 32.7. The molecule has 3 saturated carbocycles. The van der Waals surface area contributed by atoms with Gasteiger partial charge in [0, 0.05) is 50.0 Å². The van der Waals surface area contributed by atoms with Crippen LogP contribution in [0.4, 0.5) is 16.2 Å². The van der Waals surface area contributed by atoms with Crippen molar-refractivity contribution < 1.29 is 14.6 Å². The zero-order valence-corrected chi connectivity index (χ0v) is 28.9. The van der Waals surface area contributed by atoms with E-state index in [1.807, 2.05) is 30.5 Å². The number of nitriles is 1. The summed E-state index contributed by atoms with van der Waals surface area (Å²) in [5, 5.41) is 29.4. The number of aromatic nitrogens is 2. The molecule has 2 aromatic heterocycles. The van der Waals surface area contributed by atoms with Crippen molar-refractivity contribution in [3.8, 4) is 6.07 Å². The molecule has 1 atom stereocenters. The summed E-state index contributed by atoms with van der Waals surface area (Å²) in [6, 6.07) is 12.0. The third kappa shape index (κ3) is 5.52. The lowest BCUT2D eigenvalue weighted by Gasteiger charge is -2.66. The molecule has 2 aromatic carbocycles. The number of carbonyl (C=O) groups excluding carboxylic acids is 1. The molecule has 12 nitrogen and oxygen atoms in total. The van der Waals surface area contributed by atoms with Gasteiger partial charge in [0.1, 0.15) is 12.1 Å². The van der Waals surface area contributed by atoms with Gasteiger partial charge in [-0.15, -0.1) is 5.12 Å². The van der Waals surface area contributed by atoms with E-state index in [0.29, 0.717) is 56.4 Å². The molecule has 2 bridgehead atoms. The highest BCUT2D eigenvalue weighted by atomic mass is 35.5. The van der Waals surface area contributed by atoms with Gasteiger partial charge in [0.2, 0.25) is 0 Å². The number of amides is 1. The number of hydrogen-bond acceptors (Lipinski definition) is 10. The lowest BCUT2D eigenvalue weighted by molar-refractivity contribution is -0.200. The molecular formula is C36H39ClN8O4. The minimum atomic E-state index is -0.874. The minimum Gasteiger partial charge on any atom is -0.422 e. The molecular weight excluding hydrogens is 644 g/mol. The van der Waals surface area contributed by atoms with Crippen molar-refractivity contribution in [1.82, 2.24) is 25.1 Å². The SMILES string of the molecule is CN1NC([C@H](c2cccc3c(=O)n(C)ccc23)N(C(=O)OCO)c2cc(Cl)c3ncc(C#N)c(NCC(C)(C)C)c3c2)=CN1C12CC(C1)C2. The number of nitrogens with one attached hydrogen (secondary N) is 2. The molecule has 1 amide bonds. The van der Waals surface area contributed by atoms with Crippen LogP contribution in [-0.2, 0) is 11.8 Å². The first-order chi connectivity index (χ1) is 23.3. The number of fused-ring (bicyclic) bond motifs is 2. The maximum atomic E-state index is 14.2. The molecule has 0 saturated heterocycles. The van der Waals surface area contributed by atoms with Crippen LogP contribution in [0.1, 0.15) is 57.2 Å². The van der Waals surface area contributed by atoms with E-state index in [2.05, 4.69) is 47.6 Å². The molecule has 0 unspecified atom stereocenters. The van der Waals surface area contributed by atoms with Crippen LogP contribution in [0.15, 0.2) is 65.5 Å². The summed E-state index contributed by atoms with van der Waals surface area (Å²) < 4.78 is 6.84. The normalized spacial score (nSPS) is 20.6. The molecule has 49 heavy (non-hydrogen) atoms. The second-order valence-electron chi connectivity index (χ2n) is 14.5. The molecule has 3 heterocycles. The average Bonchev–Trinajstić information content (AvgIpc) is 3.38. The lowest BCUT2D eigenvalue weighted by Crippen LogP contribution is -2.69. The Morgan fingerprint density at radius 1 is 1.22 bits per heavy atom. The smallest absolute Gasteiger partial charge is 0.417 e. The van der Waals surface area contributed by atoms with Gasteiger partial charge < -0.3 is 25.2 Å². The summed E-state index contributed by atoms with van der Waals surface area (Å²) in [5.74, 6) is 0.736. The Labute approximate surface area is 289 Å². The van der Waals surface area contributed by atoms with E-state index >= 15 is 0 Å². The number of hydrazine groups is 2. The second kappa shape index (κ2) is 11.9. The fourth-order valence-corrected chi connectivity index (χ4v) is 7.63. The third-order valence-corrected chi connectivity index (χ3v) is 10.1. The number of hydrogen-bond donors (Lipinski definition) is 3. The monoisotopic (exact) mass is 682 g/mol. The number of carbonyl (C=O) groups is 1. The molecule has 3 aliphatic carbocycles. The number of aliphatic hydroxyl groups is 1. The van der Waals surface area contributed by atoms with Crippen molar-refractivity contribution in [2.45, 2.75) is 51.6 Å². The standard InChI is InChI=1S/C36H39ClN8O4/c1-35(2,3)19-40-30-22(16-38)17-39-31-27(30)11-23(12-28(31)37)45(34(48)49-20-46)32(25-7-6-8-26-24(25)9-10-42(4)33(26)47)29-18-44(43(5)41-29)36-13-21(14-36)15-36/h6-12,17-18,21,32,41,46H,13-15,19-20H2,1-5H3,(H,39,40)/t21?,32-,36?/m0/s1. The van der Waals surface area contributed by atoms with Gasteiger partial charge in [-0.1, -0.05) is 44.5 Å². The van der Waals surface area contributed by atoms with Crippen LogP contribution in [0.5, 0.6) is 0 Å². The summed E-state index contributed by atoms with van der Waals surface area (Å²) >= 11 is 6.93. The largest absolute Gasteiger partial charge is 0.422 e. The minimum absolute atomic E-state index is 0.0170. The zero-order chi connectivity index (χ0) is 34.8. The average molecular weight is 683 g/mol. The fourth-order valence-electron chi connectivity index (χ4n) is 7.37. The summed E-state index contributed by atoms with van der Waals surface area (Å²) in [5.41, 5.74) is 6.17. The van der Waals surface area contributed by atoms with Gasteiger partial charge in [0.25, 0.3) is 5.56 Å². The predicted molar refractivity (Wildman–Crippen MR) is 188 cm³/mol. The molecule has 3 fully saturated rings. The van der Waals surface area contributed by atoms with E-state index in [4.69, 9.17) is 16.3 Å². The van der Waals surface area contributed by atoms with E-state index < -0.39 is 18.9 Å². The maximum Gasteiger partial charge on any atom is 0.417 e. The first-order valence-corrected chi connectivity index (χ1v) is 16.6. The van der Waals surface area contributed by atoms with Crippen LogP contribution in [0.3, 0.4) is 0 Å². The van der Waals surface area contributed by atoms with Crippen molar-refractivity contribution in [2.24, 2.45) is 18.4 Å². The summed E-state index contributed by atoms with van der Waals surface area (Å²) in [6.45, 7) is 5.93. The van der Waals surface area contributed by atoms with Gasteiger partial charge in [0.15, 0.2) is 6.79 Å². The third-order valence-electron chi connectivity index (χ3n) is 9.86. The number of benzene rings is 2. The lowest BCUT2D eigenvalue weighted by atomic mass is 9.49. The Hall–Kier alpha value is -4.83. The Morgan fingerprint density at radius 3 is 2.63 bits per heavy atom. The highest BCUT2D eigenvalue weighted by Crippen LogP contribution is 2.61. The van der Waals surface area contributed by atoms with E-state index in [-0.39, 0.29) is 21.5 Å². The van der Waals surface area contributed by atoms with Gasteiger partial charge in [-0.05, 0) is 65.8 Å². The molecule has 0 spiro atoms. The highest BCUT2D eigenvalue weighted by molar-refractivity contribution is 6.36. The van der Waals surface area contributed by atoms with E-state index in [1.165, 1.54) is 15.7 Å². The van der Waals surface area contributed by atoms with E-state index in [9.17, 15) is 20.0 Å². The summed E-state index contributed by atoms with van der Waals surface area (Å²) in [6.07, 6.45) is 7.64. The van der Waals surface area contributed by atoms with Crippen molar-refractivity contribution in [1.29, 1.82) is 5.26 Å². The number of aryl methyl sites for hydroxylation is 1. The van der Waals surface area contributed by atoms with Crippen molar-refractivity contribution >= 4 is 50.7 Å². The van der Waals surface area contributed by atoms with Crippen LogP contribution in [0.2, 0.25) is 5.02 Å². The quantitative estimate of drug-likeness (QED) is 0.197. The molecule has 3 N–H and O–H groups in total. The molecule has 0 radical (unpaired) electrons. The number of halogens is 1. The van der Waals surface area contributed by atoms with Gasteiger partial charge in [0.05, 0.1) is 38.7 Å². The second-order valence-corrected chi connectivity index (χ2v) is 14.9. The van der Waals surface area contributed by atoms with Crippen LogP contribution in [0.25, 0.3) is 21.7 Å². The van der Waals surface area contributed by atoms with Crippen molar-refractivity contribution in [3.05, 3.63) is 87.2 Å². The molecule has 13 heteroatoms. The van der Waals surface area contributed by atoms with Gasteiger partial charge in [-0.2, -0.15) is 5.26 Å². The van der Waals surface area contributed by atoms with Crippen LogP contribution in [0, 0.1) is 22.7 Å². The number of ether oxygens (including phenoxy) is 1. The number of rotatable bonds is 8. The fraction of sp³-hybridized carbons (Fsp3) is 0.389. The topological polar surface area (TPSA) is 139 Å². The molecule has 254 valence electrons. The van der Waals surface area contributed by atoms with Gasteiger partial charge in [-0.3, -0.25) is 19.7 Å². The van der Waals surface area contributed by atoms with Crippen LogP contribution < -0.4 is 21.2 Å². The summed E-state index contributed by atoms with van der Waals surface area (Å²) in [4.78, 5) is 33.4. The Kier molecular flexibility index (Phi) is 7.97. The number of anilines is 2. The molecule has 1 aliphatic heterocycles. The first-order valence-electron chi connectivity index (χ1n) is 16.3. The zero-order valence-electron chi connectivity index (χ0n) is 28.1. The molecule has 4 aromatic rings. The van der Waals surface area contributed by atoms with Crippen molar-refractivity contribution in [3.63, 3.8) is 0 Å². The van der Waals surface area contributed by atoms with Gasteiger partial charge >= 0.3 is 6.09 Å². The van der Waals surface area contributed by atoms with E-state index in [1.54, 1.807) is 37.5 Å². The Morgan fingerprint density at radius 2 is 1.98 bits per heavy atom. The number of pyridine rings is 2. The van der Waals surface area contributed by atoms with Crippen LogP contribution in [-0.4, -0.2) is 56.8 Å². The Bertz CT molecular complexity index is 2120. The maximum absolute atomic E-state index is 14.2. The highest BCUT2D eigenvalue weighted by Gasteiger charge is 2.61. The molecule has 4 aliphatic rings. The van der Waals surface area contributed by atoms with Gasteiger partial charge in [-0.25, -0.2) is 4.79 Å². The number of nitrogens with zero attached hydrogens (tertiary/aromatic N) is 6. The summed E-state index contributed by atoms with van der Waals surface area (Å²) in [7, 11) is 3.63. The molecule has 8 rings (SSSR count). The number of aliphatic hydroxyl groups excluding tert-OH is 1. The van der Waals surface area contributed by atoms with Crippen LogP contribution >= 0.6 is 11.6 Å². The van der Waals surface area contributed by atoms with E-state index in [0.717, 1.165) is 25.2 Å². The Balaban J connectivity index is 1.47. The van der Waals surface area contributed by atoms with Crippen molar-refractivity contribution in [2.75, 3.05) is 30.6 Å². The predicted octanol–water partition coefficient (Wildman–Crippen LogP) is 5.76.